The molecule has 0 unspecified atom stereocenters. The van der Waals surface area contributed by atoms with E-state index < -0.39 is 28.7 Å². The third-order valence-corrected chi connectivity index (χ3v) is 6.18. The fourth-order valence-corrected chi connectivity index (χ4v) is 4.88. The number of carbonyl (C=O) groups is 2. The fourth-order valence-electron chi connectivity index (χ4n) is 4.88. The average molecular weight is 459 g/mol. The zero-order chi connectivity index (χ0) is 24.0. The number of rotatable bonds is 3. The molecule has 9 heteroatoms. The molecule has 1 N–H and O–H groups in total. The molecular weight excluding hydrogens is 432 g/mol. The van der Waals surface area contributed by atoms with Gasteiger partial charge in [0.2, 0.25) is 0 Å². The average Bonchev–Trinajstić information content (AvgIpc) is 3.32. The van der Waals surface area contributed by atoms with Crippen molar-refractivity contribution in [3.8, 4) is 11.1 Å². The molecule has 0 saturated carbocycles. The highest BCUT2D eigenvalue weighted by atomic mass is 19.1. The highest BCUT2D eigenvalue weighted by Gasteiger charge is 2.50. The summed E-state index contributed by atoms with van der Waals surface area (Å²) in [5.74, 6) is -2.71. The van der Waals surface area contributed by atoms with Crippen molar-refractivity contribution in [1.29, 1.82) is 0 Å². The third-order valence-electron chi connectivity index (χ3n) is 6.18. The number of ether oxygens (including phenoxy) is 1. The van der Waals surface area contributed by atoms with Crippen LogP contribution in [0.5, 0.6) is 0 Å². The lowest BCUT2D eigenvalue weighted by atomic mass is 9.95. The van der Waals surface area contributed by atoms with E-state index in [-0.39, 0.29) is 17.2 Å². The lowest BCUT2D eigenvalue weighted by Crippen LogP contribution is -2.50. The van der Waals surface area contributed by atoms with Crippen LogP contribution in [0.4, 0.5) is 19.3 Å². The van der Waals surface area contributed by atoms with Crippen LogP contribution in [0.2, 0.25) is 0 Å². The molecule has 2 aliphatic heterocycles. The van der Waals surface area contributed by atoms with E-state index in [1.165, 1.54) is 12.4 Å². The summed E-state index contributed by atoms with van der Waals surface area (Å²) in [6.45, 7) is 6.88. The number of aromatic carboxylic acids is 1. The van der Waals surface area contributed by atoms with Gasteiger partial charge in [-0.05, 0) is 57.7 Å². The van der Waals surface area contributed by atoms with Gasteiger partial charge in [0.1, 0.15) is 22.8 Å². The zero-order valence-corrected chi connectivity index (χ0v) is 18.9. The molecule has 33 heavy (non-hydrogen) atoms. The lowest BCUT2D eigenvalue weighted by Gasteiger charge is -2.36. The molecule has 0 bridgehead atoms. The Hall–Kier alpha value is -3.23. The van der Waals surface area contributed by atoms with Gasteiger partial charge in [-0.25, -0.2) is 18.4 Å². The maximum absolute atomic E-state index is 13.9. The Morgan fingerprint density at radius 2 is 1.79 bits per heavy atom. The number of benzene rings is 1. The second-order valence-electron chi connectivity index (χ2n) is 9.68. The Morgan fingerprint density at radius 3 is 2.42 bits per heavy atom. The second kappa shape index (κ2) is 8.28. The summed E-state index contributed by atoms with van der Waals surface area (Å²) >= 11 is 0. The predicted molar refractivity (Wildman–Crippen MR) is 118 cm³/mol. The number of nitrogens with zero attached hydrogens (tertiary/aromatic N) is 3. The molecule has 4 rings (SSSR count). The molecule has 0 radical (unpaired) electrons. The van der Waals surface area contributed by atoms with Crippen LogP contribution in [-0.2, 0) is 4.74 Å². The molecule has 7 nitrogen and oxygen atoms in total. The highest BCUT2D eigenvalue weighted by molar-refractivity contribution is 5.99. The summed E-state index contributed by atoms with van der Waals surface area (Å²) in [6, 6.07) is 3.08. The number of carboxylic acids is 1. The molecule has 176 valence electrons. The van der Waals surface area contributed by atoms with Crippen molar-refractivity contribution >= 4 is 17.7 Å². The smallest absolute Gasteiger partial charge is 0.410 e. The number of halogens is 2. The standard InChI is InChI=1S/C24H27F2N3O4/c1-23(2,3)33-22(32)29-7-4-5-24(29)6-8-28(14-24)20-18(12-27-13-19(20)21(30)31)15-9-16(25)11-17(26)10-15/h9-13H,4-8,14H2,1-3H3,(H,30,31)/t24-/m0/s1. The SMILES string of the molecule is CC(C)(C)OC(=O)N1CCC[C@@]12CCN(c1c(C(=O)O)cncc1-c1cc(F)cc(F)c1)C2. The van der Waals surface area contributed by atoms with Gasteiger partial charge in [-0.3, -0.25) is 4.98 Å². The van der Waals surface area contributed by atoms with Crippen LogP contribution in [0.25, 0.3) is 11.1 Å². The third kappa shape index (κ3) is 4.49. The van der Waals surface area contributed by atoms with Crippen molar-refractivity contribution < 1.29 is 28.2 Å². The van der Waals surface area contributed by atoms with Gasteiger partial charge in [-0.15, -0.1) is 0 Å². The summed E-state index contributed by atoms with van der Waals surface area (Å²) in [5.41, 5.74) is -0.311. The Labute approximate surface area is 191 Å². The molecular formula is C24H27F2N3O4. The van der Waals surface area contributed by atoms with Gasteiger partial charge in [0, 0.05) is 43.7 Å². The van der Waals surface area contributed by atoms with Gasteiger partial charge in [0.25, 0.3) is 0 Å². The highest BCUT2D eigenvalue weighted by Crippen LogP contribution is 2.43. The van der Waals surface area contributed by atoms with Gasteiger partial charge in [0.15, 0.2) is 0 Å². The van der Waals surface area contributed by atoms with E-state index in [9.17, 15) is 23.5 Å². The van der Waals surface area contributed by atoms with Crippen LogP contribution >= 0.6 is 0 Å². The topological polar surface area (TPSA) is 83.0 Å². The molecule has 2 aliphatic rings. The van der Waals surface area contributed by atoms with Gasteiger partial charge < -0.3 is 19.6 Å². The number of anilines is 1. The number of pyridine rings is 1. The first kappa shape index (κ1) is 22.9. The minimum atomic E-state index is -1.19. The van der Waals surface area contributed by atoms with E-state index in [0.717, 1.165) is 31.0 Å². The maximum atomic E-state index is 13.9. The van der Waals surface area contributed by atoms with Crippen molar-refractivity contribution in [3.63, 3.8) is 0 Å². The van der Waals surface area contributed by atoms with Crippen LogP contribution < -0.4 is 4.90 Å². The molecule has 1 atom stereocenters. The van der Waals surface area contributed by atoms with E-state index in [2.05, 4.69) is 4.98 Å². The molecule has 2 fully saturated rings. The molecule has 2 aromatic rings. The Kier molecular flexibility index (Phi) is 5.76. The van der Waals surface area contributed by atoms with Crippen LogP contribution in [0.3, 0.4) is 0 Å². The lowest BCUT2D eigenvalue weighted by molar-refractivity contribution is 0.0111. The summed E-state index contributed by atoms with van der Waals surface area (Å²) < 4.78 is 33.5. The van der Waals surface area contributed by atoms with Crippen LogP contribution in [0.15, 0.2) is 30.6 Å². The first-order valence-corrected chi connectivity index (χ1v) is 10.9. The number of carboxylic acid groups (broad SMARTS) is 1. The minimum absolute atomic E-state index is 0.0592. The molecule has 2 saturated heterocycles. The molecule has 1 amide bonds. The Morgan fingerprint density at radius 1 is 1.09 bits per heavy atom. The molecule has 0 aliphatic carbocycles. The van der Waals surface area contributed by atoms with E-state index >= 15 is 0 Å². The number of hydrogen-bond donors (Lipinski definition) is 1. The number of carbonyl (C=O) groups excluding carboxylic acids is 1. The minimum Gasteiger partial charge on any atom is -0.478 e. The van der Waals surface area contributed by atoms with Gasteiger partial charge in [0.05, 0.1) is 11.2 Å². The first-order valence-electron chi connectivity index (χ1n) is 10.9. The van der Waals surface area contributed by atoms with E-state index in [0.29, 0.717) is 37.3 Å². The molecule has 1 aromatic carbocycles. The van der Waals surface area contributed by atoms with Crippen molar-refractivity contribution in [2.45, 2.75) is 51.2 Å². The summed E-state index contributed by atoms with van der Waals surface area (Å²) in [7, 11) is 0. The van der Waals surface area contributed by atoms with Crippen molar-refractivity contribution in [1.82, 2.24) is 9.88 Å². The van der Waals surface area contributed by atoms with Crippen LogP contribution in [0.1, 0.15) is 50.4 Å². The van der Waals surface area contributed by atoms with Gasteiger partial charge in [-0.1, -0.05) is 0 Å². The maximum Gasteiger partial charge on any atom is 0.410 e. The monoisotopic (exact) mass is 459 g/mol. The molecule has 1 aromatic heterocycles. The number of likely N-dealkylation sites (tertiary alicyclic amines) is 1. The summed E-state index contributed by atoms with van der Waals surface area (Å²) in [6.07, 6.45) is 4.48. The molecule has 1 spiro atoms. The Bertz CT molecular complexity index is 1080. The summed E-state index contributed by atoms with van der Waals surface area (Å²) in [4.78, 5) is 32.6. The summed E-state index contributed by atoms with van der Waals surface area (Å²) in [5, 5.41) is 9.83. The second-order valence-corrected chi connectivity index (χ2v) is 9.68. The van der Waals surface area contributed by atoms with Crippen molar-refractivity contribution in [3.05, 3.63) is 47.8 Å². The fraction of sp³-hybridized carbons (Fsp3) is 0.458. The largest absolute Gasteiger partial charge is 0.478 e. The first-order chi connectivity index (χ1) is 15.5. The number of aromatic nitrogens is 1. The van der Waals surface area contributed by atoms with E-state index in [1.54, 1.807) is 4.90 Å². The predicted octanol–water partition coefficient (Wildman–Crippen LogP) is 4.70. The van der Waals surface area contributed by atoms with Crippen molar-refractivity contribution in [2.24, 2.45) is 0 Å². The zero-order valence-electron chi connectivity index (χ0n) is 18.9. The van der Waals surface area contributed by atoms with Gasteiger partial charge >= 0.3 is 12.1 Å². The van der Waals surface area contributed by atoms with E-state index in [1.807, 2.05) is 25.7 Å². The number of hydrogen-bond acceptors (Lipinski definition) is 5. The van der Waals surface area contributed by atoms with Crippen molar-refractivity contribution in [2.75, 3.05) is 24.5 Å². The normalized spacial score (nSPS) is 20.5. The van der Waals surface area contributed by atoms with Gasteiger partial charge in [-0.2, -0.15) is 0 Å². The van der Waals surface area contributed by atoms with Crippen LogP contribution in [-0.4, -0.2) is 57.8 Å². The number of amides is 1. The van der Waals surface area contributed by atoms with E-state index in [4.69, 9.17) is 4.74 Å². The Balaban J connectivity index is 1.73. The quantitative estimate of drug-likeness (QED) is 0.716. The van der Waals surface area contributed by atoms with Crippen LogP contribution in [0, 0.1) is 11.6 Å². The molecule has 3 heterocycles.